The van der Waals surface area contributed by atoms with Gasteiger partial charge in [0.05, 0.1) is 12.7 Å². The minimum atomic E-state index is -0.112. The van der Waals surface area contributed by atoms with E-state index in [0.29, 0.717) is 22.9 Å². The maximum Gasteiger partial charge on any atom is 0.253 e. The van der Waals surface area contributed by atoms with Crippen molar-refractivity contribution in [2.45, 2.75) is 45.1 Å². The van der Waals surface area contributed by atoms with Crippen molar-refractivity contribution < 1.29 is 9.53 Å². The fraction of sp³-hybridized carbons (Fsp3) is 0.562. The highest BCUT2D eigenvalue weighted by Crippen LogP contribution is 2.27. The van der Waals surface area contributed by atoms with Gasteiger partial charge in [0.1, 0.15) is 5.75 Å². The van der Waals surface area contributed by atoms with Gasteiger partial charge in [-0.3, -0.25) is 4.79 Å². The third-order valence-corrected chi connectivity index (χ3v) is 4.22. The Morgan fingerprint density at radius 2 is 2.05 bits per heavy atom. The summed E-state index contributed by atoms with van der Waals surface area (Å²) in [5.74, 6) is 1.12. The fourth-order valence-corrected chi connectivity index (χ4v) is 2.90. The van der Waals surface area contributed by atoms with Gasteiger partial charge < -0.3 is 15.8 Å². The Morgan fingerprint density at radius 1 is 1.35 bits per heavy atom. The molecule has 0 saturated heterocycles. The highest BCUT2D eigenvalue weighted by Gasteiger charge is 2.22. The van der Waals surface area contributed by atoms with Crippen LogP contribution >= 0.6 is 0 Å². The van der Waals surface area contributed by atoms with Crippen LogP contribution in [0.15, 0.2) is 18.2 Å². The van der Waals surface area contributed by atoms with Crippen LogP contribution in [0.25, 0.3) is 0 Å². The second kappa shape index (κ2) is 6.64. The van der Waals surface area contributed by atoms with Gasteiger partial charge in [0.25, 0.3) is 5.91 Å². The number of carbonyl (C=O) groups excluding carboxylic acids is 1. The average Bonchev–Trinajstić information content (AvgIpc) is 2.48. The Balaban J connectivity index is 2.03. The molecule has 0 aliphatic heterocycles. The second-order valence-corrected chi connectivity index (χ2v) is 5.61. The number of carbonyl (C=O) groups is 1. The van der Waals surface area contributed by atoms with Gasteiger partial charge in [0, 0.05) is 11.7 Å². The molecule has 110 valence electrons. The largest absolute Gasteiger partial charge is 0.497 e. The van der Waals surface area contributed by atoms with Gasteiger partial charge in [-0.2, -0.15) is 0 Å². The standard InChI is InChI=1S/C16H24N2O2/c1-11(12-6-4-3-5-7-12)18-16(19)14-10-13(20-2)8-9-15(14)17/h8-12H,3-7,17H2,1-2H3,(H,18,19)/t11-/m0/s1. The number of nitrogens with two attached hydrogens (primary N) is 1. The molecule has 4 heteroatoms. The molecule has 4 nitrogen and oxygen atoms in total. The third-order valence-electron chi connectivity index (χ3n) is 4.22. The molecule has 1 saturated carbocycles. The Kier molecular flexibility index (Phi) is 4.88. The number of hydrogen-bond donors (Lipinski definition) is 2. The number of hydrogen-bond acceptors (Lipinski definition) is 3. The van der Waals surface area contributed by atoms with Crippen molar-refractivity contribution in [3.05, 3.63) is 23.8 Å². The third kappa shape index (κ3) is 3.44. The maximum atomic E-state index is 12.3. The molecular weight excluding hydrogens is 252 g/mol. The van der Waals surface area contributed by atoms with Crippen LogP contribution in [0.4, 0.5) is 5.69 Å². The molecule has 0 heterocycles. The Bertz CT molecular complexity index is 468. The number of rotatable bonds is 4. The minimum Gasteiger partial charge on any atom is -0.497 e. The van der Waals surface area contributed by atoms with Gasteiger partial charge in [-0.15, -0.1) is 0 Å². The van der Waals surface area contributed by atoms with Crippen LogP contribution in [-0.4, -0.2) is 19.1 Å². The molecule has 0 aromatic heterocycles. The zero-order chi connectivity index (χ0) is 14.5. The van der Waals surface area contributed by atoms with Gasteiger partial charge in [-0.1, -0.05) is 19.3 Å². The zero-order valence-electron chi connectivity index (χ0n) is 12.3. The lowest BCUT2D eigenvalue weighted by Crippen LogP contribution is -2.39. The van der Waals surface area contributed by atoms with Crippen molar-refractivity contribution in [3.63, 3.8) is 0 Å². The number of ether oxygens (including phenoxy) is 1. The van der Waals surface area contributed by atoms with E-state index in [0.717, 1.165) is 0 Å². The van der Waals surface area contributed by atoms with E-state index in [9.17, 15) is 4.79 Å². The van der Waals surface area contributed by atoms with E-state index in [-0.39, 0.29) is 11.9 Å². The summed E-state index contributed by atoms with van der Waals surface area (Å²) in [6.07, 6.45) is 6.27. The number of nitrogens with one attached hydrogen (secondary N) is 1. The molecule has 1 aliphatic carbocycles. The molecule has 0 radical (unpaired) electrons. The van der Waals surface area contributed by atoms with Gasteiger partial charge in [-0.25, -0.2) is 0 Å². The van der Waals surface area contributed by atoms with E-state index in [4.69, 9.17) is 10.5 Å². The van der Waals surface area contributed by atoms with Crippen LogP contribution in [0.5, 0.6) is 5.75 Å². The summed E-state index contributed by atoms with van der Waals surface area (Å²) in [5, 5.41) is 3.08. The molecule has 1 amide bonds. The number of benzene rings is 1. The summed E-state index contributed by atoms with van der Waals surface area (Å²) in [6, 6.07) is 5.35. The van der Waals surface area contributed by atoms with E-state index in [1.54, 1.807) is 25.3 Å². The molecule has 1 aromatic carbocycles. The van der Waals surface area contributed by atoms with Crippen LogP contribution in [0.1, 0.15) is 49.4 Å². The van der Waals surface area contributed by atoms with Gasteiger partial charge >= 0.3 is 0 Å². The van der Waals surface area contributed by atoms with Crippen molar-refractivity contribution in [1.82, 2.24) is 5.32 Å². The molecule has 1 atom stereocenters. The van der Waals surface area contributed by atoms with Crippen LogP contribution in [0.2, 0.25) is 0 Å². The molecule has 0 spiro atoms. The predicted molar refractivity (Wildman–Crippen MR) is 80.9 cm³/mol. The quantitative estimate of drug-likeness (QED) is 0.831. The molecule has 0 unspecified atom stereocenters. The summed E-state index contributed by atoms with van der Waals surface area (Å²) < 4.78 is 5.15. The average molecular weight is 276 g/mol. The number of anilines is 1. The fourth-order valence-electron chi connectivity index (χ4n) is 2.90. The molecule has 20 heavy (non-hydrogen) atoms. The topological polar surface area (TPSA) is 64.3 Å². The van der Waals surface area contributed by atoms with Crippen molar-refractivity contribution in [2.75, 3.05) is 12.8 Å². The first kappa shape index (κ1) is 14.7. The van der Waals surface area contributed by atoms with E-state index in [1.165, 1.54) is 32.1 Å². The molecule has 1 aliphatic rings. The Hall–Kier alpha value is -1.71. The van der Waals surface area contributed by atoms with Crippen molar-refractivity contribution in [3.8, 4) is 5.75 Å². The molecule has 1 fully saturated rings. The highest BCUT2D eigenvalue weighted by molar-refractivity contribution is 5.99. The SMILES string of the molecule is COc1ccc(N)c(C(=O)N[C@@H](C)C2CCCCC2)c1. The first-order valence-electron chi connectivity index (χ1n) is 7.36. The van der Waals surface area contributed by atoms with Gasteiger partial charge in [0.2, 0.25) is 0 Å². The lowest BCUT2D eigenvalue weighted by atomic mass is 9.84. The summed E-state index contributed by atoms with van der Waals surface area (Å²) in [4.78, 5) is 12.3. The summed E-state index contributed by atoms with van der Waals surface area (Å²) in [5.41, 5.74) is 6.86. The van der Waals surface area contributed by atoms with Gasteiger partial charge in [-0.05, 0) is 43.9 Å². The van der Waals surface area contributed by atoms with Crippen molar-refractivity contribution in [2.24, 2.45) is 5.92 Å². The van der Waals surface area contributed by atoms with Gasteiger partial charge in [0.15, 0.2) is 0 Å². The molecular formula is C16H24N2O2. The van der Waals surface area contributed by atoms with Crippen molar-refractivity contribution in [1.29, 1.82) is 0 Å². The van der Waals surface area contributed by atoms with Crippen LogP contribution in [-0.2, 0) is 0 Å². The number of amides is 1. The second-order valence-electron chi connectivity index (χ2n) is 5.61. The summed E-state index contributed by atoms with van der Waals surface area (Å²) in [6.45, 7) is 2.09. The first-order valence-corrected chi connectivity index (χ1v) is 7.36. The lowest BCUT2D eigenvalue weighted by Gasteiger charge is -2.28. The molecule has 2 rings (SSSR count). The molecule has 1 aromatic rings. The monoisotopic (exact) mass is 276 g/mol. The Morgan fingerprint density at radius 3 is 2.70 bits per heavy atom. The summed E-state index contributed by atoms with van der Waals surface area (Å²) in [7, 11) is 1.58. The minimum absolute atomic E-state index is 0.112. The van der Waals surface area contributed by atoms with Crippen LogP contribution in [0.3, 0.4) is 0 Å². The number of methoxy groups -OCH3 is 1. The molecule has 3 N–H and O–H groups in total. The van der Waals surface area contributed by atoms with E-state index < -0.39 is 0 Å². The zero-order valence-corrected chi connectivity index (χ0v) is 12.3. The highest BCUT2D eigenvalue weighted by atomic mass is 16.5. The van der Waals surface area contributed by atoms with E-state index >= 15 is 0 Å². The van der Waals surface area contributed by atoms with Crippen molar-refractivity contribution >= 4 is 11.6 Å². The first-order chi connectivity index (χ1) is 9.61. The molecule has 0 bridgehead atoms. The smallest absolute Gasteiger partial charge is 0.253 e. The summed E-state index contributed by atoms with van der Waals surface area (Å²) >= 11 is 0. The van der Waals surface area contributed by atoms with E-state index in [1.807, 2.05) is 0 Å². The van der Waals surface area contributed by atoms with Crippen LogP contribution < -0.4 is 15.8 Å². The maximum absolute atomic E-state index is 12.3. The Labute approximate surface area is 120 Å². The van der Waals surface area contributed by atoms with E-state index in [2.05, 4.69) is 12.2 Å². The van der Waals surface area contributed by atoms with Crippen LogP contribution in [0, 0.1) is 5.92 Å². The number of nitrogen functional groups attached to an aromatic ring is 1. The lowest BCUT2D eigenvalue weighted by molar-refractivity contribution is 0.0920. The normalized spacial score (nSPS) is 17.5. The predicted octanol–water partition coefficient (Wildman–Crippen LogP) is 2.98.